The van der Waals surface area contributed by atoms with Crippen molar-refractivity contribution in [2.45, 2.75) is 24.6 Å². The molecule has 0 radical (unpaired) electrons. The molecule has 1 aliphatic rings. The van der Waals surface area contributed by atoms with E-state index in [1.165, 1.54) is 0 Å². The standard InChI is InChI=1S/C10H17F3N2O3/c11-10(12,13)6-14-5-8(17)15-9(7-16)1-3-18-4-2-9/h14,16H,1-7H2,(H,15,17). The topological polar surface area (TPSA) is 70.6 Å². The SMILES string of the molecule is O=C(CNCC(F)(F)F)NC1(CO)CCOCC1. The van der Waals surface area contributed by atoms with Crippen molar-refractivity contribution in [1.29, 1.82) is 0 Å². The number of carbonyl (C=O) groups is 1. The summed E-state index contributed by atoms with van der Waals surface area (Å²) < 4.78 is 40.7. The zero-order chi connectivity index (χ0) is 13.6. The number of amides is 1. The lowest BCUT2D eigenvalue weighted by Crippen LogP contribution is -2.56. The number of nitrogens with one attached hydrogen (secondary N) is 2. The van der Waals surface area contributed by atoms with E-state index in [0.717, 1.165) is 0 Å². The fraction of sp³-hybridized carbons (Fsp3) is 0.900. The fourth-order valence-electron chi connectivity index (χ4n) is 1.74. The minimum absolute atomic E-state index is 0.249. The van der Waals surface area contributed by atoms with Gasteiger partial charge in [-0.2, -0.15) is 13.2 Å². The third kappa shape index (κ3) is 5.19. The molecule has 18 heavy (non-hydrogen) atoms. The van der Waals surface area contributed by atoms with Crippen molar-refractivity contribution in [3.05, 3.63) is 0 Å². The van der Waals surface area contributed by atoms with E-state index in [9.17, 15) is 23.1 Å². The molecule has 0 aromatic rings. The summed E-state index contributed by atoms with van der Waals surface area (Å²) in [5.74, 6) is -0.560. The van der Waals surface area contributed by atoms with Crippen LogP contribution in [0.1, 0.15) is 12.8 Å². The Kier molecular flexibility index (Phi) is 5.36. The summed E-state index contributed by atoms with van der Waals surface area (Å²) in [5.41, 5.74) is -0.769. The number of ether oxygens (including phenoxy) is 1. The van der Waals surface area contributed by atoms with Crippen LogP contribution in [-0.4, -0.2) is 55.6 Å². The maximum absolute atomic E-state index is 11.9. The Morgan fingerprint density at radius 2 is 1.94 bits per heavy atom. The van der Waals surface area contributed by atoms with Gasteiger partial charge in [-0.25, -0.2) is 0 Å². The van der Waals surface area contributed by atoms with Gasteiger partial charge in [0, 0.05) is 13.2 Å². The first-order valence-corrected chi connectivity index (χ1v) is 5.64. The highest BCUT2D eigenvalue weighted by molar-refractivity contribution is 5.78. The van der Waals surface area contributed by atoms with Crippen molar-refractivity contribution >= 4 is 5.91 Å². The second kappa shape index (κ2) is 6.35. The molecule has 0 unspecified atom stereocenters. The van der Waals surface area contributed by atoms with Crippen LogP contribution in [0.3, 0.4) is 0 Å². The predicted octanol–water partition coefficient (Wildman–Crippen LogP) is -0.204. The van der Waals surface area contributed by atoms with Gasteiger partial charge in [-0.3, -0.25) is 4.79 Å². The number of hydrogen-bond donors (Lipinski definition) is 3. The van der Waals surface area contributed by atoms with Gasteiger partial charge in [0.15, 0.2) is 0 Å². The molecule has 1 amide bonds. The van der Waals surface area contributed by atoms with E-state index in [0.29, 0.717) is 26.1 Å². The van der Waals surface area contributed by atoms with Gasteiger partial charge in [-0.05, 0) is 12.8 Å². The molecule has 1 fully saturated rings. The highest BCUT2D eigenvalue weighted by Gasteiger charge is 2.33. The second-order valence-corrected chi connectivity index (χ2v) is 4.32. The van der Waals surface area contributed by atoms with Crippen molar-refractivity contribution in [2.24, 2.45) is 0 Å². The summed E-state index contributed by atoms with van der Waals surface area (Å²) in [4.78, 5) is 11.5. The van der Waals surface area contributed by atoms with Gasteiger partial charge in [0.2, 0.25) is 5.91 Å². The van der Waals surface area contributed by atoms with E-state index in [1.807, 2.05) is 5.32 Å². The van der Waals surface area contributed by atoms with Gasteiger partial charge in [0.1, 0.15) is 0 Å². The van der Waals surface area contributed by atoms with E-state index in [2.05, 4.69) is 5.32 Å². The summed E-state index contributed by atoms with van der Waals surface area (Å²) in [6.45, 7) is -1.06. The Labute approximate surface area is 103 Å². The lowest BCUT2D eigenvalue weighted by atomic mass is 9.91. The van der Waals surface area contributed by atoms with Crippen LogP contribution >= 0.6 is 0 Å². The van der Waals surface area contributed by atoms with Crippen LogP contribution < -0.4 is 10.6 Å². The lowest BCUT2D eigenvalue weighted by molar-refractivity contribution is -0.130. The highest BCUT2D eigenvalue weighted by Crippen LogP contribution is 2.19. The average Bonchev–Trinajstić information content (AvgIpc) is 2.28. The van der Waals surface area contributed by atoms with Crippen LogP contribution in [0.2, 0.25) is 0 Å². The largest absolute Gasteiger partial charge is 0.401 e. The molecule has 0 saturated carbocycles. The summed E-state index contributed by atoms with van der Waals surface area (Å²) >= 11 is 0. The summed E-state index contributed by atoms with van der Waals surface area (Å²) in [7, 11) is 0. The number of hydrogen-bond acceptors (Lipinski definition) is 4. The number of carbonyl (C=O) groups excluding carboxylic acids is 1. The first kappa shape index (κ1) is 15.2. The molecule has 0 bridgehead atoms. The quantitative estimate of drug-likeness (QED) is 0.647. The van der Waals surface area contributed by atoms with Gasteiger partial charge in [0.25, 0.3) is 0 Å². The van der Waals surface area contributed by atoms with Gasteiger partial charge < -0.3 is 20.5 Å². The molecule has 0 aromatic heterocycles. The first-order valence-electron chi connectivity index (χ1n) is 5.64. The van der Waals surface area contributed by atoms with Crippen molar-refractivity contribution in [2.75, 3.05) is 32.9 Å². The predicted molar refractivity (Wildman–Crippen MR) is 56.9 cm³/mol. The van der Waals surface area contributed by atoms with Crippen LogP contribution in [0.15, 0.2) is 0 Å². The molecule has 0 aliphatic carbocycles. The van der Waals surface area contributed by atoms with E-state index < -0.39 is 30.7 Å². The molecule has 5 nitrogen and oxygen atoms in total. The van der Waals surface area contributed by atoms with Crippen LogP contribution in [0, 0.1) is 0 Å². The Morgan fingerprint density at radius 3 is 2.44 bits per heavy atom. The Bertz CT molecular complexity index is 278. The minimum atomic E-state index is -4.34. The van der Waals surface area contributed by atoms with Crippen LogP contribution in [0.25, 0.3) is 0 Å². The fourth-order valence-corrected chi connectivity index (χ4v) is 1.74. The van der Waals surface area contributed by atoms with E-state index >= 15 is 0 Å². The Balaban J connectivity index is 2.33. The van der Waals surface area contributed by atoms with Gasteiger partial charge in [-0.1, -0.05) is 0 Å². The Morgan fingerprint density at radius 1 is 1.33 bits per heavy atom. The van der Waals surface area contributed by atoms with E-state index in [-0.39, 0.29) is 6.61 Å². The van der Waals surface area contributed by atoms with Gasteiger partial charge >= 0.3 is 6.18 Å². The van der Waals surface area contributed by atoms with Gasteiger partial charge in [0.05, 0.1) is 25.2 Å². The maximum atomic E-state index is 11.9. The zero-order valence-corrected chi connectivity index (χ0v) is 9.85. The molecule has 1 saturated heterocycles. The van der Waals surface area contributed by atoms with E-state index in [1.54, 1.807) is 0 Å². The molecule has 0 spiro atoms. The molecule has 106 valence electrons. The molecular formula is C10H17F3N2O3. The van der Waals surface area contributed by atoms with Crippen molar-refractivity contribution in [3.8, 4) is 0 Å². The molecule has 3 N–H and O–H groups in total. The van der Waals surface area contributed by atoms with Crippen LogP contribution in [0.4, 0.5) is 13.2 Å². The molecule has 1 aliphatic heterocycles. The molecule has 1 heterocycles. The number of aliphatic hydroxyl groups excluding tert-OH is 1. The second-order valence-electron chi connectivity index (χ2n) is 4.32. The Hall–Kier alpha value is -0.860. The van der Waals surface area contributed by atoms with Crippen molar-refractivity contribution in [3.63, 3.8) is 0 Å². The molecule has 0 atom stereocenters. The average molecular weight is 270 g/mol. The monoisotopic (exact) mass is 270 g/mol. The first-order chi connectivity index (χ1) is 8.37. The maximum Gasteiger partial charge on any atom is 0.401 e. The molecular weight excluding hydrogens is 253 g/mol. The molecule has 0 aromatic carbocycles. The third-order valence-corrected chi connectivity index (χ3v) is 2.77. The summed E-state index contributed by atoms with van der Waals surface area (Å²) in [6, 6.07) is 0. The third-order valence-electron chi connectivity index (χ3n) is 2.77. The minimum Gasteiger partial charge on any atom is -0.394 e. The smallest absolute Gasteiger partial charge is 0.394 e. The van der Waals surface area contributed by atoms with Gasteiger partial charge in [-0.15, -0.1) is 0 Å². The summed E-state index contributed by atoms with van der Waals surface area (Å²) in [5, 5.41) is 13.9. The highest BCUT2D eigenvalue weighted by atomic mass is 19.4. The van der Waals surface area contributed by atoms with Crippen LogP contribution in [-0.2, 0) is 9.53 Å². The van der Waals surface area contributed by atoms with Crippen molar-refractivity contribution < 1.29 is 27.8 Å². The number of halogens is 3. The normalized spacial score (nSPS) is 19.6. The zero-order valence-electron chi connectivity index (χ0n) is 9.85. The summed E-state index contributed by atoms with van der Waals surface area (Å²) in [6.07, 6.45) is -3.43. The molecule has 8 heteroatoms. The van der Waals surface area contributed by atoms with Crippen LogP contribution in [0.5, 0.6) is 0 Å². The molecule has 1 rings (SSSR count). The lowest BCUT2D eigenvalue weighted by Gasteiger charge is -2.36. The number of alkyl halides is 3. The van der Waals surface area contributed by atoms with Crippen molar-refractivity contribution in [1.82, 2.24) is 10.6 Å². The van der Waals surface area contributed by atoms with E-state index in [4.69, 9.17) is 4.74 Å². The number of aliphatic hydroxyl groups is 1. The number of rotatable bonds is 5.